The van der Waals surface area contributed by atoms with E-state index < -0.39 is 5.97 Å². The zero-order valence-corrected chi connectivity index (χ0v) is 17.9. The molecule has 2 aromatic rings. The third kappa shape index (κ3) is 4.90. The third-order valence-electron chi connectivity index (χ3n) is 5.31. The molecule has 0 radical (unpaired) electrons. The Labute approximate surface area is 175 Å². The van der Waals surface area contributed by atoms with Crippen molar-refractivity contribution >= 4 is 23.2 Å². The maximum atomic E-state index is 13.1. The van der Waals surface area contributed by atoms with E-state index in [9.17, 15) is 9.59 Å². The summed E-state index contributed by atoms with van der Waals surface area (Å²) >= 11 is 1.20. The minimum Gasteiger partial charge on any atom is -0.493 e. The predicted octanol–water partition coefficient (Wildman–Crippen LogP) is 4.18. The molecule has 156 valence electrons. The zero-order chi connectivity index (χ0) is 20.8. The van der Waals surface area contributed by atoms with Crippen LogP contribution in [0.5, 0.6) is 11.5 Å². The molecule has 0 bridgehead atoms. The Morgan fingerprint density at radius 2 is 1.79 bits per heavy atom. The summed E-state index contributed by atoms with van der Waals surface area (Å²) in [6, 6.07) is 9.52. The summed E-state index contributed by atoms with van der Waals surface area (Å²) < 4.78 is 15.4. The van der Waals surface area contributed by atoms with Crippen LogP contribution < -0.4 is 9.47 Å². The van der Waals surface area contributed by atoms with E-state index in [1.165, 1.54) is 18.4 Å². The fourth-order valence-corrected chi connectivity index (χ4v) is 4.62. The smallest absolute Gasteiger partial charge is 0.348 e. The van der Waals surface area contributed by atoms with Crippen LogP contribution in [0.15, 0.2) is 30.3 Å². The Morgan fingerprint density at radius 1 is 1.03 bits per heavy atom. The van der Waals surface area contributed by atoms with Crippen LogP contribution >= 0.6 is 11.3 Å². The van der Waals surface area contributed by atoms with Crippen LogP contribution in [-0.4, -0.2) is 50.7 Å². The van der Waals surface area contributed by atoms with E-state index in [0.29, 0.717) is 15.5 Å². The highest BCUT2D eigenvalue weighted by Gasteiger charge is 2.28. The standard InChI is InChI=1S/C22H27NO5S/c1-26-17-10-8-15(14-18(17)27-2)7-9-16-6-4-5-13-23(16)21(24)19-11-12-20(29-19)22(25)28-3/h8,10-12,14,16H,4-7,9,13H2,1-3H3. The molecule has 1 aromatic carbocycles. The van der Waals surface area contributed by atoms with Crippen molar-refractivity contribution < 1.29 is 23.8 Å². The average molecular weight is 418 g/mol. The van der Waals surface area contributed by atoms with Gasteiger partial charge in [-0.15, -0.1) is 11.3 Å². The van der Waals surface area contributed by atoms with Gasteiger partial charge in [0.1, 0.15) is 4.88 Å². The second-order valence-electron chi connectivity index (χ2n) is 7.03. The van der Waals surface area contributed by atoms with Gasteiger partial charge in [0.25, 0.3) is 5.91 Å². The van der Waals surface area contributed by atoms with Gasteiger partial charge >= 0.3 is 5.97 Å². The number of likely N-dealkylation sites (tertiary alicyclic amines) is 1. The Kier molecular flexibility index (Phi) is 7.14. The molecule has 1 fully saturated rings. The van der Waals surface area contributed by atoms with Crippen LogP contribution in [0.1, 0.15) is 50.6 Å². The first-order chi connectivity index (χ1) is 14.1. The van der Waals surface area contributed by atoms with Crippen LogP contribution in [0.25, 0.3) is 0 Å². The SMILES string of the molecule is COC(=O)c1ccc(C(=O)N2CCCCC2CCc2ccc(OC)c(OC)c2)s1. The normalized spacial score (nSPS) is 16.4. The summed E-state index contributed by atoms with van der Waals surface area (Å²) in [6.07, 6.45) is 4.86. The molecule has 0 aliphatic carbocycles. The van der Waals surface area contributed by atoms with Crippen LogP contribution in [0, 0.1) is 0 Å². The van der Waals surface area contributed by atoms with Gasteiger partial charge in [-0.1, -0.05) is 6.07 Å². The van der Waals surface area contributed by atoms with Crippen molar-refractivity contribution in [2.45, 2.75) is 38.1 Å². The number of benzene rings is 1. The summed E-state index contributed by atoms with van der Waals surface area (Å²) in [5.74, 6) is 1.03. The first-order valence-corrected chi connectivity index (χ1v) is 10.6. The topological polar surface area (TPSA) is 65.1 Å². The van der Waals surface area contributed by atoms with Gasteiger partial charge in [-0.2, -0.15) is 0 Å². The lowest BCUT2D eigenvalue weighted by Crippen LogP contribution is -2.43. The Balaban J connectivity index is 1.69. The number of carbonyl (C=O) groups is 2. The Morgan fingerprint density at radius 3 is 2.52 bits per heavy atom. The second-order valence-corrected chi connectivity index (χ2v) is 8.12. The molecule has 0 N–H and O–H groups in total. The minimum atomic E-state index is -0.405. The lowest BCUT2D eigenvalue weighted by atomic mass is 9.95. The fraction of sp³-hybridized carbons (Fsp3) is 0.455. The molecule has 6 nitrogen and oxygen atoms in total. The molecule has 1 aromatic heterocycles. The summed E-state index contributed by atoms with van der Waals surface area (Å²) in [7, 11) is 4.60. The van der Waals surface area contributed by atoms with Gasteiger partial charge in [-0.05, 0) is 61.9 Å². The number of piperidine rings is 1. The number of hydrogen-bond donors (Lipinski definition) is 0. The van der Waals surface area contributed by atoms with E-state index >= 15 is 0 Å². The van der Waals surface area contributed by atoms with Crippen molar-refractivity contribution in [3.8, 4) is 11.5 Å². The summed E-state index contributed by atoms with van der Waals surface area (Å²) in [5.41, 5.74) is 1.16. The molecule has 7 heteroatoms. The molecule has 29 heavy (non-hydrogen) atoms. The number of esters is 1. The molecular weight excluding hydrogens is 390 g/mol. The van der Waals surface area contributed by atoms with Crippen molar-refractivity contribution in [3.05, 3.63) is 45.6 Å². The van der Waals surface area contributed by atoms with Gasteiger partial charge < -0.3 is 19.1 Å². The number of nitrogens with zero attached hydrogens (tertiary/aromatic N) is 1. The average Bonchev–Trinajstić information content (AvgIpc) is 3.27. The number of ether oxygens (including phenoxy) is 3. The van der Waals surface area contributed by atoms with E-state index in [1.807, 2.05) is 23.1 Å². The quantitative estimate of drug-likeness (QED) is 0.633. The van der Waals surface area contributed by atoms with Crippen molar-refractivity contribution in [3.63, 3.8) is 0 Å². The highest BCUT2D eigenvalue weighted by molar-refractivity contribution is 7.15. The lowest BCUT2D eigenvalue weighted by Gasteiger charge is -2.35. The molecule has 1 amide bonds. The maximum Gasteiger partial charge on any atom is 0.348 e. The van der Waals surface area contributed by atoms with E-state index in [4.69, 9.17) is 14.2 Å². The highest BCUT2D eigenvalue weighted by Crippen LogP contribution is 2.30. The van der Waals surface area contributed by atoms with E-state index in [-0.39, 0.29) is 11.9 Å². The number of hydrogen-bond acceptors (Lipinski definition) is 6. The van der Waals surface area contributed by atoms with Gasteiger partial charge in [0.2, 0.25) is 0 Å². The van der Waals surface area contributed by atoms with Crippen molar-refractivity contribution in [2.24, 2.45) is 0 Å². The number of thiophene rings is 1. The number of amides is 1. The monoisotopic (exact) mass is 417 g/mol. The van der Waals surface area contributed by atoms with Crippen LogP contribution in [0.3, 0.4) is 0 Å². The van der Waals surface area contributed by atoms with Crippen molar-refractivity contribution in [1.29, 1.82) is 0 Å². The summed E-state index contributed by atoms with van der Waals surface area (Å²) in [5, 5.41) is 0. The number of methoxy groups -OCH3 is 3. The predicted molar refractivity (Wildman–Crippen MR) is 112 cm³/mol. The molecule has 2 heterocycles. The largest absolute Gasteiger partial charge is 0.493 e. The molecule has 1 saturated heterocycles. The first kappa shape index (κ1) is 21.2. The molecule has 3 rings (SSSR count). The zero-order valence-electron chi connectivity index (χ0n) is 17.1. The van der Waals surface area contributed by atoms with E-state index in [2.05, 4.69) is 0 Å². The molecule has 0 spiro atoms. The molecule has 1 aliphatic heterocycles. The fourth-order valence-electron chi connectivity index (χ4n) is 3.74. The van der Waals surface area contributed by atoms with Crippen LogP contribution in [-0.2, 0) is 11.2 Å². The molecule has 1 atom stereocenters. The number of aryl methyl sites for hydroxylation is 1. The van der Waals surface area contributed by atoms with E-state index in [0.717, 1.165) is 50.0 Å². The maximum absolute atomic E-state index is 13.1. The highest BCUT2D eigenvalue weighted by atomic mass is 32.1. The molecule has 0 saturated carbocycles. The van der Waals surface area contributed by atoms with Crippen LogP contribution in [0.2, 0.25) is 0 Å². The van der Waals surface area contributed by atoms with Gasteiger partial charge in [0.15, 0.2) is 11.5 Å². The van der Waals surface area contributed by atoms with Gasteiger partial charge in [0.05, 0.1) is 26.2 Å². The summed E-state index contributed by atoms with van der Waals surface area (Å²) in [6.45, 7) is 0.751. The van der Waals surface area contributed by atoms with Gasteiger partial charge in [-0.25, -0.2) is 4.79 Å². The second kappa shape index (κ2) is 9.78. The van der Waals surface area contributed by atoms with Crippen LogP contribution in [0.4, 0.5) is 0 Å². The Bertz CT molecular complexity index is 863. The van der Waals surface area contributed by atoms with E-state index in [1.54, 1.807) is 26.4 Å². The minimum absolute atomic E-state index is 0.00200. The molecule has 1 aliphatic rings. The summed E-state index contributed by atoms with van der Waals surface area (Å²) in [4.78, 5) is 27.8. The molecular formula is C22H27NO5S. The van der Waals surface area contributed by atoms with Crippen molar-refractivity contribution in [2.75, 3.05) is 27.9 Å². The Hall–Kier alpha value is -2.54. The van der Waals surface area contributed by atoms with Gasteiger partial charge in [0, 0.05) is 12.6 Å². The first-order valence-electron chi connectivity index (χ1n) is 9.77. The van der Waals surface area contributed by atoms with Gasteiger partial charge in [-0.3, -0.25) is 4.79 Å². The third-order valence-corrected chi connectivity index (χ3v) is 6.36. The lowest BCUT2D eigenvalue weighted by molar-refractivity contribution is 0.0600. The molecule has 1 unspecified atom stereocenters. The number of rotatable bonds is 7. The number of carbonyl (C=O) groups excluding carboxylic acids is 2. The van der Waals surface area contributed by atoms with Crippen molar-refractivity contribution in [1.82, 2.24) is 4.90 Å².